The van der Waals surface area contributed by atoms with Crippen LogP contribution in [0, 0.1) is 13.8 Å². The monoisotopic (exact) mass is 391 g/mol. The van der Waals surface area contributed by atoms with Crippen molar-refractivity contribution < 1.29 is 19.1 Å². The van der Waals surface area contributed by atoms with Gasteiger partial charge in [-0.15, -0.1) is 0 Å². The Morgan fingerprint density at radius 1 is 0.897 bits per heavy atom. The number of aryl methyl sites for hydroxylation is 2. The number of fused-ring (bicyclic) bond motifs is 1. The van der Waals surface area contributed by atoms with E-state index in [0.717, 1.165) is 16.3 Å². The number of carbonyl (C=O) groups excluding carboxylic acids is 2. The maximum atomic E-state index is 12.1. The molecule has 29 heavy (non-hydrogen) atoms. The minimum atomic E-state index is -0.591. The van der Waals surface area contributed by atoms with Crippen LogP contribution in [0.4, 0.5) is 0 Å². The van der Waals surface area contributed by atoms with Gasteiger partial charge in [0.1, 0.15) is 5.75 Å². The largest absolute Gasteiger partial charge is 0.482 e. The van der Waals surface area contributed by atoms with Crippen LogP contribution >= 0.6 is 0 Å². The number of hydrogen-bond donors (Lipinski definition) is 1. The molecule has 0 saturated carbocycles. The van der Waals surface area contributed by atoms with Crippen LogP contribution in [0.3, 0.4) is 0 Å². The lowest BCUT2D eigenvalue weighted by atomic mass is 10.0. The number of esters is 1. The first-order valence-corrected chi connectivity index (χ1v) is 9.56. The van der Waals surface area contributed by atoms with E-state index in [1.807, 2.05) is 75.4 Å². The van der Waals surface area contributed by atoms with Crippen molar-refractivity contribution in [2.24, 2.45) is 0 Å². The van der Waals surface area contributed by atoms with Gasteiger partial charge in [0.25, 0.3) is 5.91 Å². The Kier molecular flexibility index (Phi) is 6.50. The van der Waals surface area contributed by atoms with Crippen LogP contribution in [-0.2, 0) is 14.3 Å². The van der Waals surface area contributed by atoms with E-state index < -0.39 is 5.97 Å². The van der Waals surface area contributed by atoms with Crippen molar-refractivity contribution in [3.63, 3.8) is 0 Å². The molecule has 0 aliphatic carbocycles. The molecule has 0 aliphatic rings. The predicted molar refractivity (Wildman–Crippen MR) is 113 cm³/mol. The molecule has 3 aromatic rings. The fourth-order valence-electron chi connectivity index (χ4n) is 2.99. The standard InChI is InChI=1S/C24H25NO4/c1-16-8-9-20(12-17(16)2)18(3)25-23(26)14-29-24(27)15-28-22-11-10-19-6-4-5-7-21(19)13-22/h4-13,18H,14-15H2,1-3H3,(H,25,26)/t18-/m1/s1. The minimum Gasteiger partial charge on any atom is -0.482 e. The summed E-state index contributed by atoms with van der Waals surface area (Å²) in [6.07, 6.45) is 0. The highest BCUT2D eigenvalue weighted by Gasteiger charge is 2.13. The van der Waals surface area contributed by atoms with Gasteiger partial charge in [-0.3, -0.25) is 4.79 Å². The van der Waals surface area contributed by atoms with E-state index in [-0.39, 0.29) is 25.2 Å². The van der Waals surface area contributed by atoms with Crippen LogP contribution in [0.25, 0.3) is 10.8 Å². The van der Waals surface area contributed by atoms with Crippen LogP contribution in [-0.4, -0.2) is 25.1 Å². The third-order valence-corrected chi connectivity index (χ3v) is 4.85. The van der Waals surface area contributed by atoms with Crippen molar-refractivity contribution in [3.05, 3.63) is 77.4 Å². The molecule has 0 aliphatic heterocycles. The normalized spacial score (nSPS) is 11.7. The molecule has 0 heterocycles. The highest BCUT2D eigenvalue weighted by molar-refractivity contribution is 5.84. The topological polar surface area (TPSA) is 64.6 Å². The first-order valence-electron chi connectivity index (χ1n) is 9.56. The lowest BCUT2D eigenvalue weighted by Gasteiger charge is -2.16. The van der Waals surface area contributed by atoms with E-state index in [2.05, 4.69) is 5.32 Å². The zero-order chi connectivity index (χ0) is 20.8. The van der Waals surface area contributed by atoms with Crippen molar-refractivity contribution >= 4 is 22.6 Å². The number of carbonyl (C=O) groups is 2. The molecule has 3 aromatic carbocycles. The van der Waals surface area contributed by atoms with Crippen molar-refractivity contribution in [1.29, 1.82) is 0 Å². The summed E-state index contributed by atoms with van der Waals surface area (Å²) in [6.45, 7) is 5.38. The van der Waals surface area contributed by atoms with Crippen LogP contribution in [0.5, 0.6) is 5.75 Å². The molecule has 5 heteroatoms. The molecule has 3 rings (SSSR count). The van der Waals surface area contributed by atoms with Crippen molar-refractivity contribution in [2.45, 2.75) is 26.8 Å². The number of amides is 1. The average molecular weight is 391 g/mol. The summed E-state index contributed by atoms with van der Waals surface area (Å²) in [5, 5.41) is 4.96. The molecule has 0 unspecified atom stereocenters. The van der Waals surface area contributed by atoms with E-state index in [0.29, 0.717) is 5.75 Å². The van der Waals surface area contributed by atoms with Crippen LogP contribution < -0.4 is 10.1 Å². The molecule has 0 saturated heterocycles. The molecule has 0 aromatic heterocycles. The summed E-state index contributed by atoms with van der Waals surface area (Å²) in [4.78, 5) is 24.0. The van der Waals surface area contributed by atoms with E-state index in [1.165, 1.54) is 11.1 Å². The van der Waals surface area contributed by atoms with Crippen molar-refractivity contribution in [1.82, 2.24) is 5.32 Å². The second-order valence-electron chi connectivity index (χ2n) is 7.09. The number of ether oxygens (including phenoxy) is 2. The number of benzene rings is 3. The Bertz CT molecular complexity index is 1030. The molecular weight excluding hydrogens is 366 g/mol. The Morgan fingerprint density at radius 2 is 1.66 bits per heavy atom. The molecule has 1 atom stereocenters. The lowest BCUT2D eigenvalue weighted by Crippen LogP contribution is -2.32. The summed E-state index contributed by atoms with van der Waals surface area (Å²) >= 11 is 0. The maximum Gasteiger partial charge on any atom is 0.344 e. The SMILES string of the molecule is Cc1ccc([C@@H](C)NC(=O)COC(=O)COc2ccc3ccccc3c2)cc1C. The molecule has 0 radical (unpaired) electrons. The van der Waals surface area contributed by atoms with Gasteiger partial charge in [0.15, 0.2) is 13.2 Å². The maximum absolute atomic E-state index is 12.1. The first kappa shape index (κ1) is 20.4. The Balaban J connectivity index is 1.44. The van der Waals surface area contributed by atoms with Gasteiger partial charge in [0.2, 0.25) is 0 Å². The molecule has 5 nitrogen and oxygen atoms in total. The van der Waals surface area contributed by atoms with Gasteiger partial charge in [-0.1, -0.05) is 48.5 Å². The zero-order valence-electron chi connectivity index (χ0n) is 16.9. The molecule has 1 amide bonds. The van der Waals surface area contributed by atoms with Gasteiger partial charge in [-0.05, 0) is 60.4 Å². The fraction of sp³-hybridized carbons (Fsp3) is 0.250. The van der Waals surface area contributed by atoms with Gasteiger partial charge in [-0.25, -0.2) is 4.79 Å². The average Bonchev–Trinajstić information content (AvgIpc) is 2.72. The summed E-state index contributed by atoms with van der Waals surface area (Å²) < 4.78 is 10.5. The zero-order valence-corrected chi connectivity index (χ0v) is 16.9. The quantitative estimate of drug-likeness (QED) is 0.612. The highest BCUT2D eigenvalue weighted by atomic mass is 16.6. The van der Waals surface area contributed by atoms with E-state index >= 15 is 0 Å². The van der Waals surface area contributed by atoms with E-state index in [4.69, 9.17) is 9.47 Å². The second kappa shape index (κ2) is 9.24. The molecular formula is C24H25NO4. The minimum absolute atomic E-state index is 0.172. The fourth-order valence-corrected chi connectivity index (χ4v) is 2.99. The predicted octanol–water partition coefficient (Wildman–Crippen LogP) is 4.26. The third-order valence-electron chi connectivity index (χ3n) is 4.85. The smallest absolute Gasteiger partial charge is 0.344 e. The highest BCUT2D eigenvalue weighted by Crippen LogP contribution is 2.20. The summed E-state index contributed by atoms with van der Waals surface area (Å²) in [7, 11) is 0. The Labute approximate surface area is 170 Å². The first-order chi connectivity index (χ1) is 13.9. The Hall–Kier alpha value is -3.34. The van der Waals surface area contributed by atoms with Gasteiger partial charge in [0.05, 0.1) is 6.04 Å². The van der Waals surface area contributed by atoms with E-state index in [1.54, 1.807) is 6.07 Å². The van der Waals surface area contributed by atoms with Crippen molar-refractivity contribution in [3.8, 4) is 5.75 Å². The summed E-state index contributed by atoms with van der Waals surface area (Å²) in [6, 6.07) is 19.4. The molecule has 0 fully saturated rings. The summed E-state index contributed by atoms with van der Waals surface area (Å²) in [5.41, 5.74) is 3.38. The molecule has 1 N–H and O–H groups in total. The number of hydrogen-bond acceptors (Lipinski definition) is 4. The third kappa shape index (κ3) is 5.57. The summed E-state index contributed by atoms with van der Waals surface area (Å²) in [5.74, 6) is -0.365. The molecule has 150 valence electrons. The second-order valence-corrected chi connectivity index (χ2v) is 7.09. The van der Waals surface area contributed by atoms with Crippen molar-refractivity contribution in [2.75, 3.05) is 13.2 Å². The van der Waals surface area contributed by atoms with Crippen LogP contribution in [0.1, 0.15) is 29.7 Å². The number of rotatable bonds is 7. The Morgan fingerprint density at radius 3 is 2.41 bits per heavy atom. The van der Waals surface area contributed by atoms with Gasteiger partial charge in [-0.2, -0.15) is 0 Å². The number of nitrogens with one attached hydrogen (secondary N) is 1. The lowest BCUT2D eigenvalue weighted by molar-refractivity contribution is -0.150. The van der Waals surface area contributed by atoms with Crippen LogP contribution in [0.2, 0.25) is 0 Å². The molecule has 0 bridgehead atoms. The van der Waals surface area contributed by atoms with E-state index in [9.17, 15) is 9.59 Å². The molecule has 0 spiro atoms. The van der Waals surface area contributed by atoms with Crippen LogP contribution in [0.15, 0.2) is 60.7 Å². The van der Waals surface area contributed by atoms with Gasteiger partial charge in [0, 0.05) is 0 Å². The van der Waals surface area contributed by atoms with Gasteiger partial charge < -0.3 is 14.8 Å². The van der Waals surface area contributed by atoms with Gasteiger partial charge >= 0.3 is 5.97 Å².